The first-order valence-electron chi connectivity index (χ1n) is 10.4. The van der Waals surface area contributed by atoms with Gasteiger partial charge in [-0.25, -0.2) is 0 Å². The molecule has 32 heavy (non-hydrogen) atoms. The number of aliphatic hydroxyl groups is 1. The number of aromatic amines is 1. The molecule has 2 aromatic carbocycles. The predicted molar refractivity (Wildman–Crippen MR) is 122 cm³/mol. The molecule has 0 fully saturated rings. The first-order chi connectivity index (χ1) is 15.6. The zero-order chi connectivity index (χ0) is 22.5. The fourth-order valence-electron chi connectivity index (χ4n) is 3.67. The van der Waals surface area contributed by atoms with Gasteiger partial charge in [-0.2, -0.15) is 10.2 Å². The van der Waals surface area contributed by atoms with Crippen LogP contribution in [-0.2, 0) is 19.6 Å². The van der Waals surface area contributed by atoms with E-state index in [-0.39, 0.29) is 11.6 Å². The van der Waals surface area contributed by atoms with Crippen LogP contribution in [0.4, 0.5) is 0 Å². The van der Waals surface area contributed by atoms with Crippen LogP contribution in [0.5, 0.6) is 0 Å². The molecule has 4 rings (SSSR count). The third kappa shape index (κ3) is 4.46. The molecule has 8 nitrogen and oxygen atoms in total. The smallest absolute Gasteiger partial charge is 0.292 e. The molecule has 2 heterocycles. The first-order valence-corrected chi connectivity index (χ1v) is 10.8. The Morgan fingerprint density at radius 2 is 1.84 bits per heavy atom. The Morgan fingerprint density at radius 3 is 2.50 bits per heavy atom. The van der Waals surface area contributed by atoms with Gasteiger partial charge in [-0.05, 0) is 28.3 Å². The highest BCUT2D eigenvalue weighted by molar-refractivity contribution is 6.31. The van der Waals surface area contributed by atoms with Gasteiger partial charge in [0.1, 0.15) is 10.8 Å². The van der Waals surface area contributed by atoms with Crippen molar-refractivity contribution in [1.29, 1.82) is 0 Å². The molecule has 0 aliphatic carbocycles. The van der Waals surface area contributed by atoms with Gasteiger partial charge in [-0.1, -0.05) is 73.5 Å². The van der Waals surface area contributed by atoms with Crippen LogP contribution in [0.15, 0.2) is 53.3 Å². The van der Waals surface area contributed by atoms with Gasteiger partial charge in [0.15, 0.2) is 0 Å². The maximum Gasteiger partial charge on any atom is 0.292 e. The van der Waals surface area contributed by atoms with Crippen molar-refractivity contribution in [3.8, 4) is 22.5 Å². The van der Waals surface area contributed by atoms with E-state index >= 15 is 0 Å². The van der Waals surface area contributed by atoms with Gasteiger partial charge in [0.25, 0.3) is 5.56 Å². The third-order valence-corrected chi connectivity index (χ3v) is 5.71. The minimum absolute atomic E-state index is 0.0293. The predicted octanol–water partition coefficient (Wildman–Crippen LogP) is 3.63. The normalized spacial score (nSPS) is 11.1. The second-order valence-corrected chi connectivity index (χ2v) is 7.80. The van der Waals surface area contributed by atoms with Crippen LogP contribution in [0, 0.1) is 0 Å². The number of aromatic nitrogens is 6. The summed E-state index contributed by atoms with van der Waals surface area (Å²) in [5.74, 6) is 1.17. The number of aryl methyl sites for hydroxylation is 1. The molecule has 0 radical (unpaired) electrons. The molecule has 0 spiro atoms. The lowest BCUT2D eigenvalue weighted by Gasteiger charge is -2.18. The zero-order valence-corrected chi connectivity index (χ0v) is 18.4. The van der Waals surface area contributed by atoms with Crippen LogP contribution in [0.3, 0.4) is 0 Å². The van der Waals surface area contributed by atoms with Gasteiger partial charge in [0, 0.05) is 18.5 Å². The average Bonchev–Trinajstić information content (AvgIpc) is 3.36. The summed E-state index contributed by atoms with van der Waals surface area (Å²) in [6.45, 7) is 2.21. The molecule has 164 valence electrons. The molecule has 0 saturated heterocycles. The highest BCUT2D eigenvalue weighted by Gasteiger charge is 2.16. The number of tetrazole rings is 1. The van der Waals surface area contributed by atoms with Crippen molar-refractivity contribution in [2.75, 3.05) is 0 Å². The number of nitrogens with one attached hydrogen (secondary N) is 1. The molecule has 2 aromatic heterocycles. The SMILES string of the molecule is CCCCc1nc(=O)c(Cl)c(CO)n1Cc1ccc(-c2ccccc2-c2nn[nH]n2)cc1. The summed E-state index contributed by atoms with van der Waals surface area (Å²) in [6, 6.07) is 15.9. The summed E-state index contributed by atoms with van der Waals surface area (Å²) < 4.78 is 1.85. The van der Waals surface area contributed by atoms with Gasteiger partial charge in [0.2, 0.25) is 5.82 Å². The van der Waals surface area contributed by atoms with Gasteiger partial charge >= 0.3 is 0 Å². The van der Waals surface area contributed by atoms with Crippen molar-refractivity contribution in [3.63, 3.8) is 0 Å². The Bertz CT molecular complexity index is 1250. The summed E-state index contributed by atoms with van der Waals surface area (Å²) >= 11 is 6.17. The summed E-state index contributed by atoms with van der Waals surface area (Å²) in [6.07, 6.45) is 2.51. The van der Waals surface area contributed by atoms with Crippen molar-refractivity contribution in [3.05, 3.63) is 81.0 Å². The Labute approximate surface area is 189 Å². The number of H-pyrrole nitrogens is 1. The standard InChI is InChI=1S/C23H23ClN6O2/c1-2-3-8-20-25-23(32)21(24)19(14-31)30(20)13-15-9-11-16(12-10-15)17-6-4-5-7-18(17)22-26-28-29-27-22/h4-7,9-12,31H,2-3,8,13-14H2,1H3,(H,26,27,28,29). The van der Waals surface area contributed by atoms with Crippen molar-refractivity contribution in [2.24, 2.45) is 0 Å². The Balaban J connectivity index is 1.68. The van der Waals surface area contributed by atoms with E-state index < -0.39 is 5.56 Å². The maximum absolute atomic E-state index is 12.1. The van der Waals surface area contributed by atoms with E-state index in [0.717, 1.165) is 35.1 Å². The zero-order valence-electron chi connectivity index (χ0n) is 17.6. The molecule has 0 amide bonds. The second-order valence-electron chi connectivity index (χ2n) is 7.42. The summed E-state index contributed by atoms with van der Waals surface area (Å²) in [7, 11) is 0. The molecule has 0 bridgehead atoms. The molecular weight excluding hydrogens is 428 g/mol. The van der Waals surface area contributed by atoms with Crippen LogP contribution in [0.2, 0.25) is 5.02 Å². The minimum Gasteiger partial charge on any atom is -0.390 e. The number of hydrogen-bond donors (Lipinski definition) is 2. The molecular formula is C23H23ClN6O2. The molecule has 0 aliphatic heterocycles. The molecule has 0 saturated carbocycles. The van der Waals surface area contributed by atoms with E-state index in [4.69, 9.17) is 11.6 Å². The lowest BCUT2D eigenvalue weighted by Crippen LogP contribution is -2.23. The number of unbranched alkanes of at least 4 members (excludes halogenated alkanes) is 1. The third-order valence-electron chi connectivity index (χ3n) is 5.33. The van der Waals surface area contributed by atoms with Gasteiger partial charge in [0.05, 0.1) is 12.3 Å². The number of aliphatic hydroxyl groups excluding tert-OH is 1. The molecule has 2 N–H and O–H groups in total. The number of benzene rings is 2. The van der Waals surface area contributed by atoms with E-state index in [1.807, 2.05) is 53.1 Å². The monoisotopic (exact) mass is 450 g/mol. The fraction of sp³-hybridized carbons (Fsp3) is 0.261. The van der Waals surface area contributed by atoms with Gasteiger partial charge in [-0.15, -0.1) is 10.2 Å². The molecule has 0 unspecified atom stereocenters. The topological polar surface area (TPSA) is 110 Å². The van der Waals surface area contributed by atoms with Crippen LogP contribution >= 0.6 is 11.6 Å². The molecule has 0 aliphatic rings. The lowest BCUT2D eigenvalue weighted by atomic mass is 9.98. The van der Waals surface area contributed by atoms with E-state index in [0.29, 0.717) is 30.3 Å². The van der Waals surface area contributed by atoms with E-state index in [2.05, 4.69) is 32.5 Å². The number of nitrogens with zero attached hydrogens (tertiary/aromatic N) is 5. The first kappa shape index (κ1) is 21.9. The Kier molecular flexibility index (Phi) is 6.72. The Morgan fingerprint density at radius 1 is 1.09 bits per heavy atom. The van der Waals surface area contributed by atoms with Crippen molar-refractivity contribution in [1.82, 2.24) is 30.2 Å². The average molecular weight is 451 g/mol. The molecule has 4 aromatic rings. The van der Waals surface area contributed by atoms with Gasteiger partial charge in [-0.3, -0.25) is 4.79 Å². The van der Waals surface area contributed by atoms with E-state index in [1.165, 1.54) is 0 Å². The number of rotatable bonds is 8. The number of hydrogen-bond acceptors (Lipinski definition) is 6. The summed E-state index contributed by atoms with van der Waals surface area (Å²) in [5.41, 5.74) is 3.79. The van der Waals surface area contributed by atoms with Crippen molar-refractivity contribution >= 4 is 11.6 Å². The Hall–Kier alpha value is -3.36. The lowest BCUT2D eigenvalue weighted by molar-refractivity contribution is 0.268. The van der Waals surface area contributed by atoms with Crippen molar-refractivity contribution in [2.45, 2.75) is 39.3 Å². The minimum atomic E-state index is -0.494. The fourth-order valence-corrected chi connectivity index (χ4v) is 3.87. The quantitative estimate of drug-likeness (QED) is 0.424. The van der Waals surface area contributed by atoms with Crippen LogP contribution in [0.1, 0.15) is 36.8 Å². The van der Waals surface area contributed by atoms with Crippen LogP contribution < -0.4 is 5.56 Å². The number of halogens is 1. The van der Waals surface area contributed by atoms with Gasteiger partial charge < -0.3 is 9.67 Å². The van der Waals surface area contributed by atoms with E-state index in [1.54, 1.807) is 0 Å². The van der Waals surface area contributed by atoms with Crippen LogP contribution in [-0.4, -0.2) is 35.3 Å². The highest BCUT2D eigenvalue weighted by Crippen LogP contribution is 2.30. The van der Waals surface area contributed by atoms with Crippen molar-refractivity contribution < 1.29 is 5.11 Å². The van der Waals surface area contributed by atoms with E-state index in [9.17, 15) is 9.90 Å². The van der Waals surface area contributed by atoms with Crippen LogP contribution in [0.25, 0.3) is 22.5 Å². The highest BCUT2D eigenvalue weighted by atomic mass is 35.5. The summed E-state index contributed by atoms with van der Waals surface area (Å²) in [5, 5.41) is 24.2. The largest absolute Gasteiger partial charge is 0.390 e. The summed E-state index contributed by atoms with van der Waals surface area (Å²) in [4.78, 5) is 16.3. The molecule has 0 atom stereocenters. The second kappa shape index (κ2) is 9.84. The molecule has 9 heteroatoms. The maximum atomic E-state index is 12.1.